The number of benzene rings is 1. The van der Waals surface area contributed by atoms with Crippen LogP contribution in [-0.4, -0.2) is 54.3 Å². The van der Waals surface area contributed by atoms with Crippen molar-refractivity contribution in [3.63, 3.8) is 0 Å². The van der Waals surface area contributed by atoms with Gasteiger partial charge in [-0.1, -0.05) is 12.1 Å². The summed E-state index contributed by atoms with van der Waals surface area (Å²) in [5.74, 6) is 0. The highest BCUT2D eigenvalue weighted by Crippen LogP contribution is 2.29. The third-order valence-corrected chi connectivity index (χ3v) is 4.89. The van der Waals surface area contributed by atoms with Gasteiger partial charge in [0.05, 0.1) is 18.3 Å². The summed E-state index contributed by atoms with van der Waals surface area (Å²) >= 11 is 0. The molecule has 0 unspecified atom stereocenters. The summed E-state index contributed by atoms with van der Waals surface area (Å²) in [6.07, 6.45) is 3.87. The Kier molecular flexibility index (Phi) is 4.47. The molecule has 0 bridgehead atoms. The summed E-state index contributed by atoms with van der Waals surface area (Å²) in [6.45, 7) is 7.15. The molecule has 1 N–H and O–H groups in total. The molecule has 24 heavy (non-hydrogen) atoms. The molecular weight excluding hydrogens is 300 g/mol. The van der Waals surface area contributed by atoms with Crippen molar-refractivity contribution in [2.45, 2.75) is 13.2 Å². The Morgan fingerprint density at radius 2 is 1.92 bits per heavy atom. The highest BCUT2D eigenvalue weighted by Gasteiger charge is 2.14. The number of methoxy groups -OCH3 is 1. The molecule has 3 heterocycles. The van der Waals surface area contributed by atoms with Crippen LogP contribution in [0.4, 0.5) is 0 Å². The number of hydrogen-bond acceptors (Lipinski definition) is 4. The van der Waals surface area contributed by atoms with E-state index in [2.05, 4.69) is 44.0 Å². The predicted molar refractivity (Wildman–Crippen MR) is 97.3 cm³/mol. The van der Waals surface area contributed by atoms with Crippen LogP contribution in [0.15, 0.2) is 36.7 Å². The molecule has 1 saturated heterocycles. The van der Waals surface area contributed by atoms with Gasteiger partial charge >= 0.3 is 0 Å². The first-order valence-corrected chi connectivity index (χ1v) is 8.63. The van der Waals surface area contributed by atoms with Gasteiger partial charge in [-0.25, -0.2) is 0 Å². The Labute approximate surface area is 142 Å². The molecule has 1 aliphatic rings. The smallest absolute Gasteiger partial charge is 0.0713 e. The van der Waals surface area contributed by atoms with Crippen molar-refractivity contribution in [2.75, 3.05) is 39.8 Å². The molecule has 5 heteroatoms. The summed E-state index contributed by atoms with van der Waals surface area (Å²) in [6, 6.07) is 8.76. The largest absolute Gasteiger partial charge is 0.380 e. The molecule has 0 saturated carbocycles. The van der Waals surface area contributed by atoms with Crippen molar-refractivity contribution in [3.05, 3.63) is 42.2 Å². The lowest BCUT2D eigenvalue weighted by Gasteiger charge is -2.27. The molecule has 2 aromatic heterocycles. The summed E-state index contributed by atoms with van der Waals surface area (Å²) in [4.78, 5) is 6.88. The Balaban J connectivity index is 1.73. The number of rotatable bonds is 5. The lowest BCUT2D eigenvalue weighted by atomic mass is 10.1. The van der Waals surface area contributed by atoms with Crippen LogP contribution < -0.4 is 5.32 Å². The monoisotopic (exact) mass is 324 g/mol. The SMILES string of the molecule is COCc1ccc2c3ccncc3n(CCN3CCNCC3)c2c1. The minimum Gasteiger partial charge on any atom is -0.380 e. The number of nitrogens with one attached hydrogen (secondary N) is 1. The van der Waals surface area contributed by atoms with Crippen LogP contribution in [0, 0.1) is 0 Å². The van der Waals surface area contributed by atoms with Crippen molar-refractivity contribution in [1.29, 1.82) is 0 Å². The van der Waals surface area contributed by atoms with Crippen LogP contribution in [-0.2, 0) is 17.9 Å². The maximum atomic E-state index is 5.31. The van der Waals surface area contributed by atoms with Gasteiger partial charge in [0.25, 0.3) is 0 Å². The Morgan fingerprint density at radius 3 is 2.75 bits per heavy atom. The fourth-order valence-corrected chi connectivity index (χ4v) is 3.66. The highest BCUT2D eigenvalue weighted by atomic mass is 16.5. The molecule has 4 rings (SSSR count). The number of ether oxygens (including phenoxy) is 1. The summed E-state index contributed by atoms with van der Waals surface area (Å²) < 4.78 is 7.72. The van der Waals surface area contributed by atoms with E-state index in [0.29, 0.717) is 6.61 Å². The van der Waals surface area contributed by atoms with Gasteiger partial charge in [-0.3, -0.25) is 9.88 Å². The average molecular weight is 324 g/mol. The molecule has 1 aliphatic heterocycles. The summed E-state index contributed by atoms with van der Waals surface area (Å²) in [5, 5.41) is 6.00. The fraction of sp³-hybridized carbons (Fsp3) is 0.421. The molecule has 126 valence electrons. The van der Waals surface area contributed by atoms with Crippen molar-refractivity contribution < 1.29 is 4.74 Å². The molecular formula is C19H24N4O. The van der Waals surface area contributed by atoms with E-state index in [1.54, 1.807) is 7.11 Å². The van der Waals surface area contributed by atoms with Gasteiger partial charge in [-0.05, 0) is 17.7 Å². The van der Waals surface area contributed by atoms with E-state index in [9.17, 15) is 0 Å². The zero-order valence-electron chi connectivity index (χ0n) is 14.2. The number of hydrogen-bond donors (Lipinski definition) is 1. The number of fused-ring (bicyclic) bond motifs is 3. The van der Waals surface area contributed by atoms with Crippen LogP contribution in [0.1, 0.15) is 5.56 Å². The van der Waals surface area contributed by atoms with Crippen molar-refractivity contribution in [3.8, 4) is 0 Å². The molecule has 0 radical (unpaired) electrons. The van der Waals surface area contributed by atoms with E-state index < -0.39 is 0 Å². The average Bonchev–Trinajstić information content (AvgIpc) is 2.94. The Bertz CT molecular complexity index is 836. The van der Waals surface area contributed by atoms with Crippen LogP contribution in [0.25, 0.3) is 21.8 Å². The first kappa shape index (κ1) is 15.6. The number of pyridine rings is 1. The molecule has 1 aromatic carbocycles. The normalized spacial score (nSPS) is 16.2. The molecule has 5 nitrogen and oxygen atoms in total. The summed E-state index contributed by atoms with van der Waals surface area (Å²) in [5.41, 5.74) is 3.71. The van der Waals surface area contributed by atoms with Gasteiger partial charge in [-0.2, -0.15) is 0 Å². The van der Waals surface area contributed by atoms with Gasteiger partial charge in [0, 0.05) is 68.9 Å². The lowest BCUT2D eigenvalue weighted by Crippen LogP contribution is -2.44. The Morgan fingerprint density at radius 1 is 1.08 bits per heavy atom. The van der Waals surface area contributed by atoms with Gasteiger partial charge < -0.3 is 14.6 Å². The third kappa shape index (κ3) is 2.90. The van der Waals surface area contributed by atoms with E-state index in [1.165, 1.54) is 27.4 Å². The van der Waals surface area contributed by atoms with Crippen molar-refractivity contribution >= 4 is 21.8 Å². The summed E-state index contributed by atoms with van der Waals surface area (Å²) in [7, 11) is 1.74. The third-order valence-electron chi connectivity index (χ3n) is 4.89. The molecule has 3 aromatic rings. The first-order chi connectivity index (χ1) is 11.9. The predicted octanol–water partition coefficient (Wildman–Crippen LogP) is 2.24. The standard InChI is InChI=1S/C19H24N4O/c1-24-14-15-2-3-16-17-4-5-21-13-19(17)23(18(16)12-15)11-10-22-8-6-20-7-9-22/h2-5,12-13,20H,6-11,14H2,1H3. The minimum absolute atomic E-state index is 0.646. The van der Waals surface area contributed by atoms with E-state index in [0.717, 1.165) is 39.3 Å². The Hall–Kier alpha value is -1.95. The second-order valence-corrected chi connectivity index (χ2v) is 6.42. The molecule has 1 fully saturated rings. The van der Waals surface area contributed by atoms with E-state index in [1.807, 2.05) is 12.4 Å². The van der Waals surface area contributed by atoms with Crippen molar-refractivity contribution in [1.82, 2.24) is 19.8 Å². The molecule has 0 amide bonds. The van der Waals surface area contributed by atoms with Gasteiger partial charge in [0.1, 0.15) is 0 Å². The zero-order chi connectivity index (χ0) is 16.4. The van der Waals surface area contributed by atoms with Crippen LogP contribution >= 0.6 is 0 Å². The van der Waals surface area contributed by atoms with Gasteiger partial charge in [0.2, 0.25) is 0 Å². The van der Waals surface area contributed by atoms with Gasteiger partial charge in [-0.15, -0.1) is 0 Å². The van der Waals surface area contributed by atoms with Crippen LogP contribution in [0.5, 0.6) is 0 Å². The highest BCUT2D eigenvalue weighted by molar-refractivity contribution is 6.07. The molecule has 0 atom stereocenters. The minimum atomic E-state index is 0.646. The number of nitrogens with zero attached hydrogens (tertiary/aromatic N) is 3. The first-order valence-electron chi connectivity index (χ1n) is 8.63. The number of piperazine rings is 1. The molecule has 0 aliphatic carbocycles. The second-order valence-electron chi connectivity index (χ2n) is 6.42. The van der Waals surface area contributed by atoms with E-state index in [-0.39, 0.29) is 0 Å². The maximum absolute atomic E-state index is 5.31. The second kappa shape index (κ2) is 6.89. The van der Waals surface area contributed by atoms with Crippen molar-refractivity contribution in [2.24, 2.45) is 0 Å². The van der Waals surface area contributed by atoms with Crippen LogP contribution in [0.3, 0.4) is 0 Å². The molecule has 0 spiro atoms. The quantitative estimate of drug-likeness (QED) is 0.782. The lowest BCUT2D eigenvalue weighted by molar-refractivity contribution is 0.185. The number of aromatic nitrogens is 2. The van der Waals surface area contributed by atoms with Crippen LogP contribution in [0.2, 0.25) is 0 Å². The van der Waals surface area contributed by atoms with Gasteiger partial charge in [0.15, 0.2) is 0 Å². The zero-order valence-corrected chi connectivity index (χ0v) is 14.2. The maximum Gasteiger partial charge on any atom is 0.0713 e. The van der Waals surface area contributed by atoms with E-state index in [4.69, 9.17) is 4.74 Å². The van der Waals surface area contributed by atoms with E-state index >= 15 is 0 Å². The fourth-order valence-electron chi connectivity index (χ4n) is 3.66. The topological polar surface area (TPSA) is 42.3 Å².